The van der Waals surface area contributed by atoms with E-state index in [1.807, 2.05) is 30.3 Å². The van der Waals surface area contributed by atoms with Crippen LogP contribution in [0.2, 0.25) is 0 Å². The zero-order valence-corrected chi connectivity index (χ0v) is 18.7. The number of anilines is 2. The van der Waals surface area contributed by atoms with Crippen LogP contribution in [0.5, 0.6) is 11.5 Å². The minimum atomic E-state index is -3.82. The molecule has 0 aromatic heterocycles. The van der Waals surface area contributed by atoms with Gasteiger partial charge in [-0.05, 0) is 31.2 Å². The molecule has 1 atom stereocenters. The lowest BCUT2D eigenvalue weighted by Gasteiger charge is -2.34. The molecule has 4 rings (SSSR count). The molecule has 3 aromatic rings. The Kier molecular flexibility index (Phi) is 5.93. The molecule has 1 heterocycles. The highest BCUT2D eigenvalue weighted by molar-refractivity contribution is 7.93. The zero-order chi connectivity index (χ0) is 22.0. The van der Waals surface area contributed by atoms with Crippen LogP contribution in [-0.4, -0.2) is 48.3 Å². The van der Waals surface area contributed by atoms with E-state index in [9.17, 15) is 8.42 Å². The lowest BCUT2D eigenvalue weighted by molar-refractivity contribution is 0.355. The van der Waals surface area contributed by atoms with Gasteiger partial charge >= 0.3 is 0 Å². The van der Waals surface area contributed by atoms with E-state index in [2.05, 4.69) is 21.9 Å². The molecule has 1 saturated heterocycles. The number of hydrogen-bond acceptors (Lipinski definition) is 6. The highest BCUT2D eigenvalue weighted by atomic mass is 32.2. The highest BCUT2D eigenvalue weighted by Gasteiger charge is 2.23. The monoisotopic (exact) mass is 441 g/mol. The third-order valence-electron chi connectivity index (χ3n) is 5.50. The molecular weight excluding hydrogens is 414 g/mol. The summed E-state index contributed by atoms with van der Waals surface area (Å²) < 4.78 is 39.8. The number of nitrogens with one attached hydrogen (secondary N) is 2. The number of fused-ring (bicyclic) bond motifs is 1. The standard InChI is InChI=1S/C23H27N3O4S/c1-16-15-26(13-12-24-16)20-9-11-23(19-7-5-4-6-18(19)20)31(27,28)25-17-8-10-21(29-2)22(14-17)30-3/h4-11,14,16,24-25H,12-13,15H2,1-3H3. The lowest BCUT2D eigenvalue weighted by Crippen LogP contribution is -2.49. The fourth-order valence-electron chi connectivity index (χ4n) is 4.03. The Morgan fingerprint density at radius 2 is 1.74 bits per heavy atom. The summed E-state index contributed by atoms with van der Waals surface area (Å²) in [6.45, 7) is 4.81. The summed E-state index contributed by atoms with van der Waals surface area (Å²) in [6, 6.07) is 16.5. The van der Waals surface area contributed by atoms with Crippen molar-refractivity contribution in [1.82, 2.24) is 5.32 Å². The van der Waals surface area contributed by atoms with Gasteiger partial charge in [-0.3, -0.25) is 4.72 Å². The molecule has 2 N–H and O–H groups in total. The molecule has 0 bridgehead atoms. The van der Waals surface area contributed by atoms with Crippen molar-refractivity contribution >= 4 is 32.2 Å². The number of ether oxygens (including phenoxy) is 2. The number of methoxy groups -OCH3 is 2. The van der Waals surface area contributed by atoms with Gasteiger partial charge in [-0.25, -0.2) is 8.42 Å². The van der Waals surface area contributed by atoms with Crippen LogP contribution >= 0.6 is 0 Å². The number of hydrogen-bond donors (Lipinski definition) is 2. The predicted molar refractivity (Wildman–Crippen MR) is 124 cm³/mol. The van der Waals surface area contributed by atoms with E-state index in [1.165, 1.54) is 14.2 Å². The molecule has 164 valence electrons. The highest BCUT2D eigenvalue weighted by Crippen LogP contribution is 2.35. The molecule has 0 aliphatic carbocycles. The van der Waals surface area contributed by atoms with Crippen molar-refractivity contribution < 1.29 is 17.9 Å². The van der Waals surface area contributed by atoms with Crippen molar-refractivity contribution in [2.75, 3.05) is 43.5 Å². The third-order valence-corrected chi connectivity index (χ3v) is 6.94. The summed E-state index contributed by atoms with van der Waals surface area (Å²) in [4.78, 5) is 2.55. The first-order valence-corrected chi connectivity index (χ1v) is 11.7. The quantitative estimate of drug-likeness (QED) is 0.610. The van der Waals surface area contributed by atoms with Gasteiger partial charge in [-0.1, -0.05) is 24.3 Å². The van der Waals surface area contributed by atoms with Gasteiger partial charge in [-0.15, -0.1) is 0 Å². The molecule has 8 heteroatoms. The van der Waals surface area contributed by atoms with Crippen LogP contribution in [0.3, 0.4) is 0 Å². The Bertz CT molecular complexity index is 1200. The van der Waals surface area contributed by atoms with Gasteiger partial charge in [0.2, 0.25) is 0 Å². The second-order valence-electron chi connectivity index (χ2n) is 7.60. The van der Waals surface area contributed by atoms with E-state index < -0.39 is 10.0 Å². The van der Waals surface area contributed by atoms with E-state index >= 15 is 0 Å². The molecule has 0 spiro atoms. The van der Waals surface area contributed by atoms with Crippen LogP contribution in [0.4, 0.5) is 11.4 Å². The van der Waals surface area contributed by atoms with Gasteiger partial charge in [0.15, 0.2) is 11.5 Å². The van der Waals surface area contributed by atoms with Crippen LogP contribution in [0.15, 0.2) is 59.5 Å². The zero-order valence-electron chi connectivity index (χ0n) is 17.9. The van der Waals surface area contributed by atoms with Crippen molar-refractivity contribution in [3.63, 3.8) is 0 Å². The maximum atomic E-state index is 13.3. The third kappa shape index (κ3) is 4.26. The molecule has 1 unspecified atom stereocenters. The summed E-state index contributed by atoms with van der Waals surface area (Å²) in [7, 11) is -0.770. The summed E-state index contributed by atoms with van der Waals surface area (Å²) in [5.74, 6) is 0.987. The fourth-order valence-corrected chi connectivity index (χ4v) is 5.29. The molecule has 1 fully saturated rings. The minimum absolute atomic E-state index is 0.241. The first-order chi connectivity index (χ1) is 14.9. The normalized spacial score (nSPS) is 16.9. The van der Waals surface area contributed by atoms with Gasteiger partial charge in [-0.2, -0.15) is 0 Å². The van der Waals surface area contributed by atoms with Crippen LogP contribution in [0.25, 0.3) is 10.8 Å². The van der Waals surface area contributed by atoms with Gasteiger partial charge in [0, 0.05) is 48.2 Å². The molecule has 1 aliphatic rings. The number of benzene rings is 3. The predicted octanol–water partition coefficient (Wildman–Crippen LogP) is 3.46. The van der Waals surface area contributed by atoms with Gasteiger partial charge in [0.1, 0.15) is 0 Å². The number of sulfonamides is 1. The average Bonchev–Trinajstić information content (AvgIpc) is 2.78. The summed E-state index contributed by atoms with van der Waals surface area (Å²) in [5.41, 5.74) is 1.45. The van der Waals surface area contributed by atoms with E-state index in [4.69, 9.17) is 9.47 Å². The van der Waals surface area contributed by atoms with Crippen LogP contribution in [-0.2, 0) is 10.0 Å². The van der Waals surface area contributed by atoms with Crippen LogP contribution in [0.1, 0.15) is 6.92 Å². The Morgan fingerprint density at radius 3 is 2.45 bits per heavy atom. The summed E-state index contributed by atoms with van der Waals surface area (Å²) >= 11 is 0. The van der Waals surface area contributed by atoms with E-state index in [0.29, 0.717) is 28.6 Å². The molecule has 31 heavy (non-hydrogen) atoms. The Hall–Kier alpha value is -2.97. The van der Waals surface area contributed by atoms with E-state index in [1.54, 1.807) is 24.3 Å². The Labute approximate surface area is 183 Å². The Balaban J connectivity index is 1.73. The first kappa shape index (κ1) is 21.3. The van der Waals surface area contributed by atoms with Crippen molar-refractivity contribution in [3.05, 3.63) is 54.6 Å². The van der Waals surface area contributed by atoms with Crippen molar-refractivity contribution in [3.8, 4) is 11.5 Å². The topological polar surface area (TPSA) is 79.9 Å². The van der Waals surface area contributed by atoms with Gasteiger partial charge in [0.25, 0.3) is 10.0 Å². The second-order valence-corrected chi connectivity index (χ2v) is 9.26. The van der Waals surface area contributed by atoms with Crippen molar-refractivity contribution in [1.29, 1.82) is 0 Å². The van der Waals surface area contributed by atoms with E-state index in [0.717, 1.165) is 30.7 Å². The molecule has 0 amide bonds. The van der Waals surface area contributed by atoms with Crippen LogP contribution < -0.4 is 24.4 Å². The van der Waals surface area contributed by atoms with Crippen molar-refractivity contribution in [2.24, 2.45) is 0 Å². The minimum Gasteiger partial charge on any atom is -0.493 e. The smallest absolute Gasteiger partial charge is 0.262 e. The fraction of sp³-hybridized carbons (Fsp3) is 0.304. The van der Waals surface area contributed by atoms with Gasteiger partial charge < -0.3 is 19.7 Å². The van der Waals surface area contributed by atoms with Crippen LogP contribution in [0, 0.1) is 0 Å². The summed E-state index contributed by atoms with van der Waals surface area (Å²) in [5, 5.41) is 5.06. The number of piperazine rings is 1. The number of nitrogens with zero attached hydrogens (tertiary/aromatic N) is 1. The largest absolute Gasteiger partial charge is 0.493 e. The number of rotatable bonds is 6. The maximum Gasteiger partial charge on any atom is 0.262 e. The second kappa shape index (κ2) is 8.64. The lowest BCUT2D eigenvalue weighted by atomic mass is 10.1. The molecule has 7 nitrogen and oxygen atoms in total. The first-order valence-electron chi connectivity index (χ1n) is 10.2. The maximum absolute atomic E-state index is 13.3. The van der Waals surface area contributed by atoms with Gasteiger partial charge in [0.05, 0.1) is 24.8 Å². The summed E-state index contributed by atoms with van der Waals surface area (Å²) in [6.07, 6.45) is 0. The average molecular weight is 442 g/mol. The molecule has 1 aliphatic heterocycles. The van der Waals surface area contributed by atoms with Crippen molar-refractivity contribution in [2.45, 2.75) is 17.9 Å². The molecule has 0 radical (unpaired) electrons. The Morgan fingerprint density at radius 1 is 1.00 bits per heavy atom. The molecule has 0 saturated carbocycles. The molecular formula is C23H27N3O4S. The molecule has 3 aromatic carbocycles. The SMILES string of the molecule is COc1ccc(NS(=O)(=O)c2ccc(N3CCNC(C)C3)c3ccccc23)cc1OC. The van der Waals surface area contributed by atoms with E-state index in [-0.39, 0.29) is 4.90 Å².